The second kappa shape index (κ2) is 10.9. The lowest BCUT2D eigenvalue weighted by atomic mass is 10.2. The van der Waals surface area contributed by atoms with Crippen molar-refractivity contribution in [3.8, 4) is 11.5 Å². The van der Waals surface area contributed by atoms with Gasteiger partial charge in [-0.2, -0.15) is 13.2 Å². The van der Waals surface area contributed by atoms with Crippen molar-refractivity contribution in [2.45, 2.75) is 32.5 Å². The number of alkyl halides is 3. The zero-order valence-electron chi connectivity index (χ0n) is 20.5. The smallest absolute Gasteiger partial charge is 0.431 e. The van der Waals surface area contributed by atoms with Crippen LogP contribution in [-0.2, 0) is 6.18 Å². The maximum atomic E-state index is 13.5. The number of halogens is 3. The molecule has 1 saturated heterocycles. The zero-order valence-corrected chi connectivity index (χ0v) is 20.5. The Balaban J connectivity index is 1.41. The third-order valence-corrected chi connectivity index (χ3v) is 6.16. The van der Waals surface area contributed by atoms with Crippen LogP contribution in [0, 0.1) is 0 Å². The normalized spacial score (nSPS) is 14.8. The van der Waals surface area contributed by atoms with E-state index in [9.17, 15) is 22.8 Å². The molecular weight excluding hydrogens is 487 g/mol. The summed E-state index contributed by atoms with van der Waals surface area (Å²) in [5.74, 6) is -2.76. The lowest BCUT2D eigenvalue weighted by molar-refractivity contribution is -0.153. The van der Waals surface area contributed by atoms with Crippen LogP contribution in [0.1, 0.15) is 36.5 Å². The first-order chi connectivity index (χ1) is 17.7. The number of urea groups is 1. The molecule has 0 aliphatic carbocycles. The van der Waals surface area contributed by atoms with Crippen molar-refractivity contribution in [2.75, 3.05) is 36.4 Å². The van der Waals surface area contributed by atoms with Gasteiger partial charge in [0.05, 0.1) is 0 Å². The highest BCUT2D eigenvalue weighted by molar-refractivity contribution is 6.04. The van der Waals surface area contributed by atoms with Gasteiger partial charge in [-0.15, -0.1) is 0 Å². The predicted molar refractivity (Wildman–Crippen MR) is 133 cm³/mol. The first-order valence-electron chi connectivity index (χ1n) is 12.0. The van der Waals surface area contributed by atoms with Crippen molar-refractivity contribution >= 4 is 23.3 Å². The predicted octanol–water partition coefficient (Wildman–Crippen LogP) is 5.24. The van der Waals surface area contributed by atoms with Gasteiger partial charge in [0.2, 0.25) is 11.7 Å². The van der Waals surface area contributed by atoms with E-state index in [1.165, 1.54) is 0 Å². The molecule has 1 aliphatic rings. The largest absolute Gasteiger partial charge is 0.452 e. The summed E-state index contributed by atoms with van der Waals surface area (Å²) in [5, 5.41) is 5.43. The summed E-state index contributed by atoms with van der Waals surface area (Å²) >= 11 is 0. The minimum Gasteiger partial charge on any atom is -0.431 e. The Hall–Kier alpha value is -4.02. The van der Waals surface area contributed by atoms with Gasteiger partial charge < -0.3 is 24.9 Å². The molecule has 2 heterocycles. The summed E-state index contributed by atoms with van der Waals surface area (Å²) in [7, 11) is 0. The van der Waals surface area contributed by atoms with Gasteiger partial charge >= 0.3 is 12.2 Å². The number of amides is 3. The number of carbonyl (C=O) groups is 2. The molecule has 1 aromatic heterocycles. The molecule has 3 amide bonds. The first-order valence-corrected chi connectivity index (χ1v) is 12.0. The van der Waals surface area contributed by atoms with Crippen LogP contribution in [0.4, 0.5) is 29.3 Å². The molecule has 1 unspecified atom stereocenters. The number of nitrogens with one attached hydrogen (secondary N) is 2. The Morgan fingerprint density at radius 1 is 1.03 bits per heavy atom. The fourth-order valence-electron chi connectivity index (χ4n) is 3.89. The fraction of sp³-hybridized carbons (Fsp3) is 0.346. The van der Waals surface area contributed by atoms with Crippen LogP contribution in [0.15, 0.2) is 59.0 Å². The van der Waals surface area contributed by atoms with E-state index in [1.54, 1.807) is 59.5 Å². The van der Waals surface area contributed by atoms with Crippen LogP contribution >= 0.6 is 0 Å². The third-order valence-electron chi connectivity index (χ3n) is 6.16. The molecular formula is C26H28F3N5O3. The van der Waals surface area contributed by atoms with Crippen LogP contribution in [-0.4, -0.2) is 54.0 Å². The number of anilines is 2. The SMILES string of the molecule is CCC(C)NC(=O)N1CCN(c2ccc(NC(=O)c3nc(-c4ccccc4)oc3C(F)(F)F)cc2)CC1. The third kappa shape index (κ3) is 6.22. The molecule has 0 radical (unpaired) electrons. The van der Waals surface area contributed by atoms with Crippen molar-refractivity contribution in [3.05, 3.63) is 66.1 Å². The van der Waals surface area contributed by atoms with E-state index < -0.39 is 23.5 Å². The zero-order chi connectivity index (χ0) is 26.6. The summed E-state index contributed by atoms with van der Waals surface area (Å²) in [4.78, 5) is 32.8. The maximum absolute atomic E-state index is 13.5. The van der Waals surface area contributed by atoms with Gasteiger partial charge in [0.1, 0.15) is 0 Å². The number of aromatic nitrogens is 1. The quantitative estimate of drug-likeness (QED) is 0.469. The number of carbonyl (C=O) groups excluding carboxylic acids is 2. The van der Waals surface area contributed by atoms with Gasteiger partial charge in [0.25, 0.3) is 5.91 Å². The molecule has 2 aromatic carbocycles. The molecule has 0 spiro atoms. The second-order valence-corrected chi connectivity index (χ2v) is 8.79. The molecule has 0 saturated carbocycles. The van der Waals surface area contributed by atoms with Gasteiger partial charge in [-0.3, -0.25) is 4.79 Å². The molecule has 196 valence electrons. The molecule has 2 N–H and O–H groups in total. The second-order valence-electron chi connectivity index (χ2n) is 8.79. The van der Waals surface area contributed by atoms with E-state index in [0.29, 0.717) is 37.4 Å². The van der Waals surface area contributed by atoms with Gasteiger partial charge in [0, 0.05) is 49.2 Å². The van der Waals surface area contributed by atoms with Crippen LogP contribution in [0.3, 0.4) is 0 Å². The number of oxazole rings is 1. The molecule has 8 nitrogen and oxygen atoms in total. The van der Waals surface area contributed by atoms with E-state index in [-0.39, 0.29) is 18.0 Å². The van der Waals surface area contributed by atoms with E-state index in [1.807, 2.05) is 13.8 Å². The highest BCUT2D eigenvalue weighted by Crippen LogP contribution is 2.35. The Morgan fingerprint density at radius 2 is 1.68 bits per heavy atom. The van der Waals surface area contributed by atoms with E-state index in [4.69, 9.17) is 4.42 Å². The van der Waals surface area contributed by atoms with Gasteiger partial charge in [-0.05, 0) is 49.7 Å². The summed E-state index contributed by atoms with van der Waals surface area (Å²) in [6.45, 7) is 6.38. The van der Waals surface area contributed by atoms with E-state index in [2.05, 4.69) is 20.5 Å². The summed E-state index contributed by atoms with van der Waals surface area (Å²) in [5.41, 5.74) is 0.692. The highest BCUT2D eigenvalue weighted by Gasteiger charge is 2.42. The summed E-state index contributed by atoms with van der Waals surface area (Å²) in [6, 6.07) is 14.9. The van der Waals surface area contributed by atoms with Crippen molar-refractivity contribution in [1.29, 1.82) is 0 Å². The fourth-order valence-corrected chi connectivity index (χ4v) is 3.89. The Bertz CT molecular complexity index is 1220. The van der Waals surface area contributed by atoms with Gasteiger partial charge in [0.15, 0.2) is 5.69 Å². The molecule has 1 aliphatic heterocycles. The average molecular weight is 516 g/mol. The topological polar surface area (TPSA) is 90.7 Å². The van der Waals surface area contributed by atoms with Crippen LogP contribution in [0.2, 0.25) is 0 Å². The van der Waals surface area contributed by atoms with Gasteiger partial charge in [-0.25, -0.2) is 9.78 Å². The average Bonchev–Trinajstić information content (AvgIpc) is 3.36. The van der Waals surface area contributed by atoms with Crippen molar-refractivity contribution in [2.24, 2.45) is 0 Å². The van der Waals surface area contributed by atoms with Gasteiger partial charge in [-0.1, -0.05) is 25.1 Å². The lowest BCUT2D eigenvalue weighted by Crippen LogP contribution is -2.53. The Labute approximate surface area is 212 Å². The van der Waals surface area contributed by atoms with E-state index in [0.717, 1.165) is 12.1 Å². The summed E-state index contributed by atoms with van der Waals surface area (Å²) in [6.07, 6.45) is -4.03. The van der Waals surface area contributed by atoms with Crippen molar-refractivity contribution in [1.82, 2.24) is 15.2 Å². The number of hydrogen-bond donors (Lipinski definition) is 2. The van der Waals surface area contributed by atoms with E-state index >= 15 is 0 Å². The molecule has 37 heavy (non-hydrogen) atoms. The maximum Gasteiger partial charge on any atom is 0.452 e. The summed E-state index contributed by atoms with van der Waals surface area (Å²) < 4.78 is 45.6. The standard InChI is InChI=1S/C26H28F3N5O3/c1-3-17(2)30-25(36)34-15-13-33(14-16-34)20-11-9-19(10-12-20)31-23(35)21-22(26(27,28)29)37-24(32-21)18-7-5-4-6-8-18/h4-12,17H,3,13-16H2,1-2H3,(H,30,36)(H,31,35). The lowest BCUT2D eigenvalue weighted by Gasteiger charge is -2.36. The molecule has 11 heteroatoms. The number of rotatable bonds is 6. The number of nitrogens with zero attached hydrogens (tertiary/aromatic N) is 3. The molecule has 1 atom stereocenters. The Kier molecular flexibility index (Phi) is 7.70. The number of piperazine rings is 1. The molecule has 3 aromatic rings. The van der Waals surface area contributed by atoms with Crippen LogP contribution in [0.5, 0.6) is 0 Å². The number of hydrogen-bond acceptors (Lipinski definition) is 5. The minimum absolute atomic E-state index is 0.0754. The molecule has 4 rings (SSSR count). The monoisotopic (exact) mass is 515 g/mol. The highest BCUT2D eigenvalue weighted by atomic mass is 19.4. The van der Waals surface area contributed by atoms with Crippen molar-refractivity contribution < 1.29 is 27.2 Å². The van der Waals surface area contributed by atoms with Crippen LogP contribution in [0.25, 0.3) is 11.5 Å². The van der Waals surface area contributed by atoms with Crippen molar-refractivity contribution in [3.63, 3.8) is 0 Å². The molecule has 0 bridgehead atoms. The number of benzene rings is 2. The molecule has 1 fully saturated rings. The Morgan fingerprint density at radius 3 is 2.27 bits per heavy atom. The van der Waals surface area contributed by atoms with Crippen LogP contribution < -0.4 is 15.5 Å². The first kappa shape index (κ1) is 26.1. The minimum atomic E-state index is -4.88.